The first-order valence-corrected chi connectivity index (χ1v) is 15.3. The number of ether oxygens (including phenoxy) is 7. The van der Waals surface area contributed by atoms with E-state index < -0.39 is 23.2 Å². The number of aromatic nitrogens is 2. The molecule has 0 aliphatic rings. The predicted octanol–water partition coefficient (Wildman–Crippen LogP) is 7.01. The summed E-state index contributed by atoms with van der Waals surface area (Å²) >= 11 is 0. The van der Waals surface area contributed by atoms with Gasteiger partial charge in [-0.2, -0.15) is 0 Å². The molecular formula is C37H37N3O10. The summed E-state index contributed by atoms with van der Waals surface area (Å²) in [5.74, 6) is 0.883. The summed E-state index contributed by atoms with van der Waals surface area (Å²) in [6, 6.07) is 18.0. The molecule has 260 valence electrons. The lowest BCUT2D eigenvalue weighted by atomic mass is 9.95. The number of hydrogen-bond donors (Lipinski definition) is 1. The monoisotopic (exact) mass is 683 g/mol. The minimum absolute atomic E-state index is 0.104. The zero-order valence-corrected chi connectivity index (χ0v) is 28.9. The topological polar surface area (TPSA) is 146 Å². The van der Waals surface area contributed by atoms with E-state index in [1.54, 1.807) is 87.6 Å². The lowest BCUT2D eigenvalue weighted by Crippen LogP contribution is -2.27. The molecule has 13 nitrogen and oxygen atoms in total. The molecule has 50 heavy (non-hydrogen) atoms. The number of amides is 1. The third-order valence-corrected chi connectivity index (χ3v) is 7.42. The number of pyridine rings is 2. The Morgan fingerprint density at radius 1 is 0.760 bits per heavy atom. The molecular weight excluding hydrogens is 646 g/mol. The van der Waals surface area contributed by atoms with E-state index in [0.717, 1.165) is 0 Å². The van der Waals surface area contributed by atoms with Crippen LogP contribution in [0.25, 0.3) is 27.6 Å². The van der Waals surface area contributed by atoms with Crippen LogP contribution in [-0.4, -0.2) is 62.8 Å². The number of esters is 1. The molecule has 0 saturated carbocycles. The molecule has 0 aliphatic carbocycles. The Morgan fingerprint density at radius 2 is 1.40 bits per heavy atom. The Balaban J connectivity index is 1.85. The fraction of sp³-hybridized carbons (Fsp3) is 0.243. The van der Waals surface area contributed by atoms with Crippen LogP contribution in [0.15, 0.2) is 77.7 Å². The van der Waals surface area contributed by atoms with E-state index >= 15 is 0 Å². The van der Waals surface area contributed by atoms with Gasteiger partial charge in [-0.15, -0.1) is 0 Å². The molecule has 1 N–H and O–H groups in total. The van der Waals surface area contributed by atoms with Gasteiger partial charge in [0.1, 0.15) is 11.3 Å². The SMILES string of the molecule is COC(=O)c1c(-c2cc(OC)c(OC)c(OC)c2)c2cc(OC)c(Oc3ccccn3)cc2c(=O)n1-c1ccc(NC(=O)OC(C)(C)C)cc1. The minimum atomic E-state index is -0.809. The largest absolute Gasteiger partial charge is 0.493 e. The van der Waals surface area contributed by atoms with Crippen molar-refractivity contribution in [3.05, 3.63) is 89.0 Å². The fourth-order valence-electron chi connectivity index (χ4n) is 5.33. The average Bonchev–Trinajstić information content (AvgIpc) is 3.10. The number of benzene rings is 3. The summed E-state index contributed by atoms with van der Waals surface area (Å²) in [6.45, 7) is 5.26. The number of methoxy groups -OCH3 is 5. The smallest absolute Gasteiger partial charge is 0.412 e. The van der Waals surface area contributed by atoms with Crippen LogP contribution >= 0.6 is 0 Å². The predicted molar refractivity (Wildman–Crippen MR) is 187 cm³/mol. The molecule has 3 aromatic carbocycles. The quantitative estimate of drug-likeness (QED) is 0.152. The first kappa shape index (κ1) is 35.1. The summed E-state index contributed by atoms with van der Waals surface area (Å²) in [5.41, 5.74) is 0.0427. The third-order valence-electron chi connectivity index (χ3n) is 7.42. The van der Waals surface area contributed by atoms with E-state index in [0.29, 0.717) is 45.1 Å². The lowest BCUT2D eigenvalue weighted by Gasteiger charge is -2.22. The molecule has 1 amide bonds. The van der Waals surface area contributed by atoms with E-state index in [2.05, 4.69) is 10.3 Å². The van der Waals surface area contributed by atoms with Crippen LogP contribution in [0.2, 0.25) is 0 Å². The van der Waals surface area contributed by atoms with Gasteiger partial charge in [-0.3, -0.25) is 14.7 Å². The van der Waals surface area contributed by atoms with Gasteiger partial charge in [0, 0.05) is 34.6 Å². The van der Waals surface area contributed by atoms with Crippen molar-refractivity contribution in [2.45, 2.75) is 26.4 Å². The van der Waals surface area contributed by atoms with Crippen LogP contribution in [-0.2, 0) is 9.47 Å². The van der Waals surface area contributed by atoms with Gasteiger partial charge >= 0.3 is 12.1 Å². The molecule has 5 rings (SSSR count). The van der Waals surface area contributed by atoms with Gasteiger partial charge in [-0.1, -0.05) is 6.07 Å². The van der Waals surface area contributed by atoms with Crippen LogP contribution in [0.1, 0.15) is 31.3 Å². The highest BCUT2D eigenvalue weighted by molar-refractivity contribution is 6.08. The summed E-state index contributed by atoms with van der Waals surface area (Å²) in [5, 5.41) is 3.18. The van der Waals surface area contributed by atoms with Crippen LogP contribution < -0.4 is 34.6 Å². The maximum Gasteiger partial charge on any atom is 0.412 e. The minimum Gasteiger partial charge on any atom is -0.493 e. The number of carbonyl (C=O) groups excluding carboxylic acids is 2. The first-order chi connectivity index (χ1) is 23.9. The number of hydrogen-bond acceptors (Lipinski definition) is 11. The Morgan fingerprint density at radius 3 is 1.94 bits per heavy atom. The fourth-order valence-corrected chi connectivity index (χ4v) is 5.33. The molecule has 0 bridgehead atoms. The Labute approximate surface area is 288 Å². The summed E-state index contributed by atoms with van der Waals surface area (Å²) < 4.78 is 40.5. The zero-order chi connectivity index (χ0) is 36.2. The van der Waals surface area contributed by atoms with Crippen LogP contribution in [0.4, 0.5) is 10.5 Å². The molecule has 0 aliphatic heterocycles. The van der Waals surface area contributed by atoms with Crippen molar-refractivity contribution in [3.63, 3.8) is 0 Å². The van der Waals surface area contributed by atoms with Crippen LogP contribution in [0.5, 0.6) is 34.6 Å². The van der Waals surface area contributed by atoms with Crippen molar-refractivity contribution in [3.8, 4) is 51.4 Å². The van der Waals surface area contributed by atoms with Crippen molar-refractivity contribution >= 4 is 28.5 Å². The number of fused-ring (bicyclic) bond motifs is 1. The molecule has 0 unspecified atom stereocenters. The molecule has 0 saturated heterocycles. The van der Waals surface area contributed by atoms with Crippen molar-refractivity contribution < 1.29 is 42.7 Å². The molecule has 0 atom stereocenters. The summed E-state index contributed by atoms with van der Waals surface area (Å²) in [7, 11) is 7.10. The lowest BCUT2D eigenvalue weighted by molar-refractivity contribution is 0.0589. The Kier molecular flexibility index (Phi) is 10.2. The highest BCUT2D eigenvalue weighted by Gasteiger charge is 2.28. The van der Waals surface area contributed by atoms with E-state index in [1.807, 2.05) is 0 Å². The normalized spacial score (nSPS) is 11.0. The number of carbonyl (C=O) groups is 2. The van der Waals surface area contributed by atoms with Crippen molar-refractivity contribution in [2.24, 2.45) is 0 Å². The molecule has 0 radical (unpaired) electrons. The van der Waals surface area contributed by atoms with E-state index in [-0.39, 0.29) is 28.5 Å². The molecule has 13 heteroatoms. The molecule has 0 fully saturated rings. The number of nitrogens with one attached hydrogen (secondary N) is 1. The molecule has 0 spiro atoms. The first-order valence-electron chi connectivity index (χ1n) is 15.3. The van der Waals surface area contributed by atoms with Gasteiger partial charge in [0.05, 0.1) is 40.9 Å². The zero-order valence-electron chi connectivity index (χ0n) is 28.9. The molecule has 2 aromatic heterocycles. The number of anilines is 1. The van der Waals surface area contributed by atoms with Gasteiger partial charge in [0.2, 0.25) is 11.6 Å². The molecule has 2 heterocycles. The van der Waals surface area contributed by atoms with Crippen LogP contribution in [0.3, 0.4) is 0 Å². The second-order valence-corrected chi connectivity index (χ2v) is 11.8. The van der Waals surface area contributed by atoms with E-state index in [9.17, 15) is 14.4 Å². The van der Waals surface area contributed by atoms with Gasteiger partial charge in [-0.05, 0) is 80.9 Å². The van der Waals surface area contributed by atoms with Gasteiger partial charge in [-0.25, -0.2) is 14.6 Å². The van der Waals surface area contributed by atoms with Crippen molar-refractivity contribution in [1.82, 2.24) is 9.55 Å². The Bertz CT molecular complexity index is 2080. The van der Waals surface area contributed by atoms with Gasteiger partial charge in [0.25, 0.3) is 5.56 Å². The van der Waals surface area contributed by atoms with E-state index in [4.69, 9.17) is 33.2 Å². The van der Waals surface area contributed by atoms with Crippen LogP contribution in [0, 0.1) is 0 Å². The summed E-state index contributed by atoms with van der Waals surface area (Å²) in [4.78, 5) is 45.1. The number of rotatable bonds is 10. The number of nitrogens with zero attached hydrogens (tertiary/aromatic N) is 2. The second kappa shape index (κ2) is 14.5. The second-order valence-electron chi connectivity index (χ2n) is 11.8. The average molecular weight is 684 g/mol. The maximum atomic E-state index is 14.6. The van der Waals surface area contributed by atoms with Crippen molar-refractivity contribution in [2.75, 3.05) is 40.9 Å². The van der Waals surface area contributed by atoms with Gasteiger partial charge in [0.15, 0.2) is 23.0 Å². The Hall–Kier alpha value is -6.24. The highest BCUT2D eigenvalue weighted by atomic mass is 16.6. The standard InChI is InChI=1S/C37H37N3O10/c1-37(2,3)50-36(43)39-22-12-14-23(15-13-22)40-32(35(42)48-8)31(21-17-28(45-5)33(47-7)29(18-21)46-6)24-19-26(44-4)27(20-25(24)34(40)41)49-30-11-9-10-16-38-30/h9-20H,1-8H3,(H,39,43). The van der Waals surface area contributed by atoms with Crippen molar-refractivity contribution in [1.29, 1.82) is 0 Å². The van der Waals surface area contributed by atoms with Gasteiger partial charge < -0.3 is 33.2 Å². The highest BCUT2D eigenvalue weighted by Crippen LogP contribution is 2.45. The van der Waals surface area contributed by atoms with E-state index in [1.165, 1.54) is 46.2 Å². The molecule has 5 aromatic rings. The summed E-state index contributed by atoms with van der Waals surface area (Å²) in [6.07, 6.45) is 0.921. The maximum absolute atomic E-state index is 14.6. The third kappa shape index (κ3) is 7.11.